The molecule has 0 bridgehead atoms. The van der Waals surface area contributed by atoms with Crippen molar-refractivity contribution in [2.75, 3.05) is 7.11 Å². The maximum absolute atomic E-state index is 11.2. The Morgan fingerprint density at radius 3 is 2.62 bits per heavy atom. The van der Waals surface area contributed by atoms with Crippen molar-refractivity contribution < 1.29 is 19.4 Å². The average Bonchev–Trinajstić information content (AvgIpc) is 2.80. The van der Waals surface area contributed by atoms with E-state index in [2.05, 4.69) is 4.74 Å². The number of hydrogen-bond acceptors (Lipinski definition) is 3. The van der Waals surface area contributed by atoms with Crippen molar-refractivity contribution in [2.24, 2.45) is 11.3 Å². The molecule has 1 unspecified atom stereocenters. The van der Waals surface area contributed by atoms with Gasteiger partial charge in [-0.1, -0.05) is 13.3 Å². The normalized spacial score (nSPS) is 31.1. The largest absolute Gasteiger partial charge is 0.480 e. The zero-order valence-electron chi connectivity index (χ0n) is 7.87. The van der Waals surface area contributed by atoms with Gasteiger partial charge in [-0.25, -0.2) is 0 Å². The quantitative estimate of drug-likeness (QED) is 0.526. The highest BCUT2D eigenvalue weighted by Crippen LogP contribution is 2.56. The van der Waals surface area contributed by atoms with Crippen LogP contribution in [0.25, 0.3) is 0 Å². The van der Waals surface area contributed by atoms with Crippen LogP contribution in [0.1, 0.15) is 26.2 Å². The molecule has 4 nitrogen and oxygen atoms in total. The van der Waals surface area contributed by atoms with Gasteiger partial charge in [-0.3, -0.25) is 9.59 Å². The monoisotopic (exact) mass is 186 g/mol. The van der Waals surface area contributed by atoms with Crippen molar-refractivity contribution >= 4 is 11.9 Å². The second kappa shape index (κ2) is 3.36. The number of rotatable bonds is 4. The summed E-state index contributed by atoms with van der Waals surface area (Å²) in [6.45, 7) is 1.97. The lowest BCUT2D eigenvalue weighted by molar-refractivity contribution is -0.160. The first-order chi connectivity index (χ1) is 6.09. The summed E-state index contributed by atoms with van der Waals surface area (Å²) >= 11 is 0. The Hall–Kier alpha value is -1.06. The molecule has 1 fully saturated rings. The van der Waals surface area contributed by atoms with Gasteiger partial charge in [0.05, 0.1) is 7.11 Å². The van der Waals surface area contributed by atoms with Crippen LogP contribution in [0.5, 0.6) is 0 Å². The molecule has 1 N–H and O–H groups in total. The molecule has 0 heterocycles. The minimum atomic E-state index is -1.22. The van der Waals surface area contributed by atoms with Crippen LogP contribution in [0.3, 0.4) is 0 Å². The van der Waals surface area contributed by atoms with Crippen LogP contribution < -0.4 is 0 Å². The van der Waals surface area contributed by atoms with Crippen LogP contribution >= 0.6 is 0 Å². The van der Waals surface area contributed by atoms with E-state index in [1.54, 1.807) is 0 Å². The fourth-order valence-electron chi connectivity index (χ4n) is 1.81. The summed E-state index contributed by atoms with van der Waals surface area (Å²) < 4.78 is 4.50. The summed E-state index contributed by atoms with van der Waals surface area (Å²) in [6.07, 6.45) is 2.11. The Morgan fingerprint density at radius 2 is 2.23 bits per heavy atom. The Morgan fingerprint density at radius 1 is 1.62 bits per heavy atom. The Labute approximate surface area is 76.9 Å². The number of carbonyl (C=O) groups excluding carboxylic acids is 1. The van der Waals surface area contributed by atoms with Gasteiger partial charge >= 0.3 is 11.9 Å². The van der Waals surface area contributed by atoms with Crippen molar-refractivity contribution in [2.45, 2.75) is 26.2 Å². The molecule has 1 rings (SSSR count). The highest BCUT2D eigenvalue weighted by atomic mass is 16.5. The van der Waals surface area contributed by atoms with Gasteiger partial charge in [-0.15, -0.1) is 0 Å². The Bertz CT molecular complexity index is 236. The standard InChI is InChI=1S/C9H14O4/c1-3-4-6-5-9(6,7(10)11)8(12)13-2/h6H,3-5H2,1-2H3,(H,10,11)/t6-,9?/m0/s1. The van der Waals surface area contributed by atoms with Gasteiger partial charge in [0.2, 0.25) is 0 Å². The first-order valence-corrected chi connectivity index (χ1v) is 4.41. The molecule has 0 radical (unpaired) electrons. The summed E-state index contributed by atoms with van der Waals surface area (Å²) in [7, 11) is 1.23. The van der Waals surface area contributed by atoms with Crippen molar-refractivity contribution in [3.8, 4) is 0 Å². The summed E-state index contributed by atoms with van der Waals surface area (Å²) in [5.74, 6) is -1.67. The van der Waals surface area contributed by atoms with Crippen LogP contribution in [0.4, 0.5) is 0 Å². The van der Waals surface area contributed by atoms with Gasteiger partial charge in [-0.2, -0.15) is 0 Å². The van der Waals surface area contributed by atoms with Gasteiger partial charge < -0.3 is 9.84 Å². The molecule has 0 amide bonds. The van der Waals surface area contributed by atoms with E-state index in [1.165, 1.54) is 7.11 Å². The average molecular weight is 186 g/mol. The second-order valence-corrected chi connectivity index (χ2v) is 3.46. The maximum Gasteiger partial charge on any atom is 0.323 e. The van der Waals surface area contributed by atoms with Crippen molar-refractivity contribution in [3.63, 3.8) is 0 Å². The van der Waals surface area contributed by atoms with Gasteiger partial charge in [-0.05, 0) is 18.8 Å². The lowest BCUT2D eigenvalue weighted by Gasteiger charge is -2.08. The molecule has 74 valence electrons. The molecule has 4 heteroatoms. The van der Waals surface area contributed by atoms with Crippen LogP contribution in [-0.2, 0) is 14.3 Å². The molecule has 0 aliphatic heterocycles. The minimum Gasteiger partial charge on any atom is -0.480 e. The van der Waals surface area contributed by atoms with Crippen LogP contribution in [0.2, 0.25) is 0 Å². The van der Waals surface area contributed by atoms with Crippen LogP contribution in [0.15, 0.2) is 0 Å². The third kappa shape index (κ3) is 1.41. The number of carbonyl (C=O) groups is 2. The predicted octanol–water partition coefficient (Wildman–Crippen LogP) is 1.05. The van der Waals surface area contributed by atoms with Gasteiger partial charge in [0, 0.05) is 0 Å². The summed E-state index contributed by atoms with van der Waals surface area (Å²) in [6, 6.07) is 0. The van der Waals surface area contributed by atoms with E-state index >= 15 is 0 Å². The van der Waals surface area contributed by atoms with Gasteiger partial charge in [0.25, 0.3) is 0 Å². The van der Waals surface area contributed by atoms with E-state index in [-0.39, 0.29) is 5.92 Å². The molecule has 1 aliphatic carbocycles. The smallest absolute Gasteiger partial charge is 0.323 e. The summed E-state index contributed by atoms with van der Waals surface area (Å²) in [4.78, 5) is 22.1. The van der Waals surface area contributed by atoms with E-state index in [0.717, 1.165) is 12.8 Å². The molecular weight excluding hydrogens is 172 g/mol. The van der Waals surface area contributed by atoms with Crippen molar-refractivity contribution in [1.82, 2.24) is 0 Å². The number of esters is 1. The fourth-order valence-corrected chi connectivity index (χ4v) is 1.81. The fraction of sp³-hybridized carbons (Fsp3) is 0.778. The van der Waals surface area contributed by atoms with E-state index in [1.807, 2.05) is 6.92 Å². The third-order valence-corrected chi connectivity index (χ3v) is 2.67. The highest BCUT2D eigenvalue weighted by Gasteiger charge is 2.66. The first-order valence-electron chi connectivity index (χ1n) is 4.41. The van der Waals surface area contributed by atoms with E-state index in [4.69, 9.17) is 5.11 Å². The van der Waals surface area contributed by atoms with Crippen LogP contribution in [-0.4, -0.2) is 24.2 Å². The summed E-state index contributed by atoms with van der Waals surface area (Å²) in [5, 5.41) is 8.90. The number of aliphatic carboxylic acids is 1. The summed E-state index contributed by atoms with van der Waals surface area (Å²) in [5.41, 5.74) is -1.22. The topological polar surface area (TPSA) is 63.6 Å². The van der Waals surface area contributed by atoms with E-state index in [0.29, 0.717) is 6.42 Å². The molecular formula is C9H14O4. The lowest BCUT2D eigenvalue weighted by atomic mass is 10.0. The number of carboxylic acids is 1. The van der Waals surface area contributed by atoms with E-state index in [9.17, 15) is 9.59 Å². The molecule has 0 aromatic carbocycles. The highest BCUT2D eigenvalue weighted by molar-refractivity contribution is 6.02. The lowest BCUT2D eigenvalue weighted by Crippen LogP contribution is -2.29. The molecule has 0 spiro atoms. The zero-order valence-corrected chi connectivity index (χ0v) is 7.87. The molecule has 1 aliphatic rings. The maximum atomic E-state index is 11.2. The molecule has 13 heavy (non-hydrogen) atoms. The third-order valence-electron chi connectivity index (χ3n) is 2.67. The Balaban J connectivity index is 2.71. The number of carboxylic acid groups (broad SMARTS) is 1. The minimum absolute atomic E-state index is 0.0255. The van der Waals surface area contributed by atoms with E-state index < -0.39 is 17.4 Å². The van der Waals surface area contributed by atoms with Crippen molar-refractivity contribution in [1.29, 1.82) is 0 Å². The second-order valence-electron chi connectivity index (χ2n) is 3.46. The number of ether oxygens (including phenoxy) is 1. The first kappa shape index (κ1) is 10.0. The molecule has 0 aromatic heterocycles. The number of methoxy groups -OCH3 is 1. The molecule has 2 atom stereocenters. The van der Waals surface area contributed by atoms with Crippen LogP contribution in [0, 0.1) is 11.3 Å². The molecule has 0 saturated heterocycles. The Kier molecular flexibility index (Phi) is 2.59. The van der Waals surface area contributed by atoms with Crippen molar-refractivity contribution in [3.05, 3.63) is 0 Å². The predicted molar refractivity (Wildman–Crippen MR) is 45.1 cm³/mol. The van der Waals surface area contributed by atoms with Gasteiger partial charge in [0.1, 0.15) is 0 Å². The molecule has 0 aromatic rings. The molecule has 1 saturated carbocycles. The zero-order chi connectivity index (χ0) is 10.1. The SMILES string of the molecule is CCC[C@H]1CC1(C(=O)O)C(=O)OC. The number of hydrogen-bond donors (Lipinski definition) is 1. The van der Waals surface area contributed by atoms with Gasteiger partial charge in [0.15, 0.2) is 5.41 Å².